The Morgan fingerprint density at radius 3 is 3.06 bits per heavy atom. The van der Waals surface area contributed by atoms with E-state index >= 15 is 0 Å². The number of carbonyl (C=O) groups is 1. The molecular formula is C11H17N3O3. The zero-order chi connectivity index (χ0) is 12.7. The number of rotatable bonds is 6. The molecule has 1 aromatic rings. The lowest BCUT2D eigenvalue weighted by atomic mass is 10.1. The van der Waals surface area contributed by atoms with Gasteiger partial charge in [0.25, 0.3) is 0 Å². The first kappa shape index (κ1) is 13.4. The second-order valence-electron chi connectivity index (χ2n) is 3.76. The average molecular weight is 239 g/mol. The van der Waals surface area contributed by atoms with Gasteiger partial charge in [-0.2, -0.15) is 0 Å². The minimum atomic E-state index is -0.558. The number of methoxy groups -OCH3 is 1. The third-order valence-corrected chi connectivity index (χ3v) is 2.28. The summed E-state index contributed by atoms with van der Waals surface area (Å²) in [5.74, 6) is 0.381. The topological polar surface area (TPSA) is 84.3 Å². The monoisotopic (exact) mass is 239 g/mol. The second-order valence-corrected chi connectivity index (χ2v) is 3.76. The first-order valence-corrected chi connectivity index (χ1v) is 5.43. The lowest BCUT2D eigenvalue weighted by Gasteiger charge is -2.11. The molecule has 1 heterocycles. The molecule has 6 nitrogen and oxygen atoms in total. The lowest BCUT2D eigenvalue weighted by Crippen LogP contribution is -2.15. The molecule has 1 rings (SSSR count). The van der Waals surface area contributed by atoms with Crippen molar-refractivity contribution >= 4 is 11.8 Å². The second kappa shape index (κ2) is 6.80. The zero-order valence-corrected chi connectivity index (χ0v) is 10.0. The lowest BCUT2D eigenvalue weighted by molar-refractivity contribution is 0.0587. The summed E-state index contributed by atoms with van der Waals surface area (Å²) < 4.78 is 4.53. The summed E-state index contributed by atoms with van der Waals surface area (Å²) in [6, 6.07) is 1.68. The van der Waals surface area contributed by atoms with Gasteiger partial charge in [-0.3, -0.25) is 0 Å². The predicted molar refractivity (Wildman–Crippen MR) is 62.7 cm³/mol. The van der Waals surface area contributed by atoms with Crippen molar-refractivity contribution in [1.29, 1.82) is 0 Å². The quantitative estimate of drug-likeness (QED) is 0.711. The fourth-order valence-corrected chi connectivity index (χ4v) is 1.25. The standard InChI is InChI=1S/C11H17N3O3/c1-8(4-6-15)7-13-9-3-5-12-10(14-9)11(16)17-2/h3,5,8,15H,4,6-7H2,1-2H3,(H,12,13,14). The Balaban J connectivity index is 2.57. The van der Waals surface area contributed by atoms with Crippen LogP contribution in [-0.4, -0.2) is 41.3 Å². The molecule has 0 fully saturated rings. The largest absolute Gasteiger partial charge is 0.463 e. The van der Waals surface area contributed by atoms with E-state index in [1.165, 1.54) is 13.3 Å². The van der Waals surface area contributed by atoms with Gasteiger partial charge in [-0.05, 0) is 18.4 Å². The molecule has 0 radical (unpaired) electrons. The molecule has 1 atom stereocenters. The van der Waals surface area contributed by atoms with Crippen LogP contribution in [0.2, 0.25) is 0 Å². The van der Waals surface area contributed by atoms with Gasteiger partial charge in [-0.25, -0.2) is 14.8 Å². The van der Waals surface area contributed by atoms with Crippen molar-refractivity contribution in [3.63, 3.8) is 0 Å². The number of aliphatic hydroxyl groups excluding tert-OH is 1. The van der Waals surface area contributed by atoms with Gasteiger partial charge in [0, 0.05) is 19.3 Å². The van der Waals surface area contributed by atoms with Gasteiger partial charge in [-0.15, -0.1) is 0 Å². The number of nitrogens with zero attached hydrogens (tertiary/aromatic N) is 2. The van der Waals surface area contributed by atoms with Crippen LogP contribution in [-0.2, 0) is 4.74 Å². The maximum Gasteiger partial charge on any atom is 0.376 e. The number of carbonyl (C=O) groups excluding carboxylic acids is 1. The van der Waals surface area contributed by atoms with Crippen molar-refractivity contribution in [3.05, 3.63) is 18.1 Å². The summed E-state index contributed by atoms with van der Waals surface area (Å²) in [6.07, 6.45) is 2.22. The Labute approximate surface area is 100 Å². The van der Waals surface area contributed by atoms with Crippen molar-refractivity contribution in [1.82, 2.24) is 9.97 Å². The highest BCUT2D eigenvalue weighted by molar-refractivity contribution is 5.85. The molecule has 94 valence electrons. The van der Waals surface area contributed by atoms with E-state index in [0.29, 0.717) is 18.3 Å². The molecule has 0 aliphatic heterocycles. The predicted octanol–water partition coefficient (Wildman–Crippen LogP) is 0.694. The van der Waals surface area contributed by atoms with Crippen LogP contribution in [0.25, 0.3) is 0 Å². The van der Waals surface area contributed by atoms with Crippen LogP contribution in [0.4, 0.5) is 5.82 Å². The maximum absolute atomic E-state index is 11.2. The molecule has 0 saturated heterocycles. The number of anilines is 1. The fourth-order valence-electron chi connectivity index (χ4n) is 1.25. The van der Waals surface area contributed by atoms with Gasteiger partial charge in [0.15, 0.2) is 0 Å². The Hall–Kier alpha value is -1.69. The summed E-state index contributed by atoms with van der Waals surface area (Å²) in [7, 11) is 1.29. The molecule has 0 spiro atoms. The Morgan fingerprint density at radius 1 is 1.65 bits per heavy atom. The molecule has 0 bridgehead atoms. The highest BCUT2D eigenvalue weighted by Gasteiger charge is 2.09. The molecule has 0 amide bonds. The van der Waals surface area contributed by atoms with Gasteiger partial charge >= 0.3 is 5.97 Å². The maximum atomic E-state index is 11.2. The first-order valence-electron chi connectivity index (χ1n) is 5.43. The molecule has 0 aliphatic rings. The fraction of sp³-hybridized carbons (Fsp3) is 0.545. The van der Waals surface area contributed by atoms with Crippen molar-refractivity contribution in [3.8, 4) is 0 Å². The number of ether oxygens (including phenoxy) is 1. The van der Waals surface area contributed by atoms with E-state index in [0.717, 1.165) is 6.42 Å². The Morgan fingerprint density at radius 2 is 2.41 bits per heavy atom. The van der Waals surface area contributed by atoms with Crippen molar-refractivity contribution in [2.75, 3.05) is 25.6 Å². The molecule has 1 aromatic heterocycles. The average Bonchev–Trinajstić information content (AvgIpc) is 2.36. The smallest absolute Gasteiger partial charge is 0.376 e. The molecule has 2 N–H and O–H groups in total. The van der Waals surface area contributed by atoms with E-state index < -0.39 is 5.97 Å². The van der Waals surface area contributed by atoms with Gasteiger partial charge < -0.3 is 15.2 Å². The number of esters is 1. The number of aliphatic hydroxyl groups is 1. The van der Waals surface area contributed by atoms with E-state index in [9.17, 15) is 4.79 Å². The van der Waals surface area contributed by atoms with E-state index in [-0.39, 0.29) is 12.4 Å². The third kappa shape index (κ3) is 4.36. The van der Waals surface area contributed by atoms with Gasteiger partial charge in [0.1, 0.15) is 5.82 Å². The van der Waals surface area contributed by atoms with Crippen LogP contribution in [0.15, 0.2) is 12.3 Å². The summed E-state index contributed by atoms with van der Waals surface area (Å²) in [6.45, 7) is 2.86. The van der Waals surface area contributed by atoms with Gasteiger partial charge in [-0.1, -0.05) is 6.92 Å². The SMILES string of the molecule is COC(=O)c1nccc(NCC(C)CCO)n1. The van der Waals surface area contributed by atoms with Crippen LogP contribution in [0.1, 0.15) is 24.0 Å². The molecule has 6 heteroatoms. The van der Waals surface area contributed by atoms with E-state index in [1.54, 1.807) is 6.07 Å². The number of aromatic nitrogens is 2. The van der Waals surface area contributed by atoms with Crippen LogP contribution in [0.5, 0.6) is 0 Å². The minimum absolute atomic E-state index is 0.0345. The van der Waals surface area contributed by atoms with Crippen LogP contribution in [0, 0.1) is 5.92 Å². The third-order valence-electron chi connectivity index (χ3n) is 2.28. The first-order chi connectivity index (χ1) is 8.17. The van der Waals surface area contributed by atoms with E-state index in [1.807, 2.05) is 6.92 Å². The van der Waals surface area contributed by atoms with Gasteiger partial charge in [0.05, 0.1) is 7.11 Å². The van der Waals surface area contributed by atoms with Crippen LogP contribution in [0.3, 0.4) is 0 Å². The molecule has 0 aliphatic carbocycles. The summed E-state index contributed by atoms with van der Waals surface area (Å²) in [5, 5.41) is 11.8. The summed E-state index contributed by atoms with van der Waals surface area (Å²) >= 11 is 0. The van der Waals surface area contributed by atoms with E-state index in [2.05, 4.69) is 20.0 Å². The number of hydrogen-bond donors (Lipinski definition) is 2. The highest BCUT2D eigenvalue weighted by atomic mass is 16.5. The highest BCUT2D eigenvalue weighted by Crippen LogP contribution is 2.06. The van der Waals surface area contributed by atoms with Crippen molar-refractivity contribution in [2.24, 2.45) is 5.92 Å². The van der Waals surface area contributed by atoms with E-state index in [4.69, 9.17) is 5.11 Å². The normalized spacial score (nSPS) is 11.9. The molecule has 17 heavy (non-hydrogen) atoms. The molecular weight excluding hydrogens is 222 g/mol. The Kier molecular flexibility index (Phi) is 5.35. The van der Waals surface area contributed by atoms with Crippen LogP contribution >= 0.6 is 0 Å². The Bertz CT molecular complexity index is 371. The minimum Gasteiger partial charge on any atom is -0.463 e. The van der Waals surface area contributed by atoms with Gasteiger partial charge in [0.2, 0.25) is 5.82 Å². The number of hydrogen-bond acceptors (Lipinski definition) is 6. The zero-order valence-electron chi connectivity index (χ0n) is 10.0. The molecule has 0 saturated carbocycles. The van der Waals surface area contributed by atoms with Crippen molar-refractivity contribution < 1.29 is 14.6 Å². The van der Waals surface area contributed by atoms with Crippen LogP contribution < -0.4 is 5.32 Å². The number of nitrogens with one attached hydrogen (secondary N) is 1. The van der Waals surface area contributed by atoms with Crippen molar-refractivity contribution in [2.45, 2.75) is 13.3 Å². The molecule has 0 aromatic carbocycles. The summed E-state index contributed by atoms with van der Waals surface area (Å²) in [4.78, 5) is 19.0. The summed E-state index contributed by atoms with van der Waals surface area (Å²) in [5.41, 5.74) is 0. The molecule has 1 unspecified atom stereocenters.